The summed E-state index contributed by atoms with van der Waals surface area (Å²) in [5.41, 5.74) is 2.14. The van der Waals surface area contributed by atoms with Crippen molar-refractivity contribution in [1.29, 1.82) is 0 Å². The van der Waals surface area contributed by atoms with Crippen molar-refractivity contribution in [3.8, 4) is 0 Å². The minimum atomic E-state index is -0.0830. The summed E-state index contributed by atoms with van der Waals surface area (Å²) in [5, 5.41) is 8.10. The quantitative estimate of drug-likeness (QED) is 0.788. The molecule has 6 heteroatoms. The van der Waals surface area contributed by atoms with Crippen LogP contribution in [-0.4, -0.2) is 52.7 Å². The number of alkyl halides is 1. The summed E-state index contributed by atoms with van der Waals surface area (Å²) >= 11 is 5.79. The second-order valence-corrected chi connectivity index (χ2v) is 4.91. The summed E-state index contributed by atoms with van der Waals surface area (Å²) in [5.74, 6) is 0.395. The molecule has 1 aliphatic rings. The molecule has 104 valence electrons. The van der Waals surface area contributed by atoms with Crippen LogP contribution in [0.5, 0.6) is 0 Å². The second-order valence-electron chi connectivity index (χ2n) is 4.60. The van der Waals surface area contributed by atoms with Crippen LogP contribution in [0, 0.1) is 6.92 Å². The van der Waals surface area contributed by atoms with E-state index in [0.717, 1.165) is 11.4 Å². The van der Waals surface area contributed by atoms with Crippen LogP contribution in [0.4, 0.5) is 0 Å². The van der Waals surface area contributed by atoms with Gasteiger partial charge < -0.3 is 9.64 Å². The predicted octanol–water partition coefficient (Wildman–Crippen LogP) is 1.43. The molecule has 1 saturated heterocycles. The number of aromatic nitrogens is 2. The van der Waals surface area contributed by atoms with Crippen LogP contribution in [0.15, 0.2) is 6.07 Å². The number of aryl methyl sites for hydroxylation is 2. The van der Waals surface area contributed by atoms with Gasteiger partial charge in [-0.3, -0.25) is 4.79 Å². The Kier molecular flexibility index (Phi) is 4.71. The van der Waals surface area contributed by atoms with Crippen LogP contribution in [-0.2, 0) is 11.2 Å². The SMILES string of the molecule is CCc1nnc(C)cc1C(=O)N1CCOC(CCl)C1. The van der Waals surface area contributed by atoms with E-state index in [-0.39, 0.29) is 12.0 Å². The topological polar surface area (TPSA) is 55.3 Å². The average molecular weight is 284 g/mol. The summed E-state index contributed by atoms with van der Waals surface area (Å²) in [4.78, 5) is 14.3. The van der Waals surface area contributed by atoms with Crippen molar-refractivity contribution in [2.75, 3.05) is 25.6 Å². The van der Waals surface area contributed by atoms with E-state index >= 15 is 0 Å². The lowest BCUT2D eigenvalue weighted by atomic mass is 10.1. The number of halogens is 1. The van der Waals surface area contributed by atoms with Gasteiger partial charge in [0.15, 0.2) is 0 Å². The van der Waals surface area contributed by atoms with Gasteiger partial charge in [0, 0.05) is 13.1 Å². The van der Waals surface area contributed by atoms with Gasteiger partial charge in [0.25, 0.3) is 5.91 Å². The number of morpholine rings is 1. The molecular formula is C13H18ClN3O2. The molecule has 1 aliphatic heterocycles. The second kappa shape index (κ2) is 6.30. The van der Waals surface area contributed by atoms with E-state index in [1.165, 1.54) is 0 Å². The van der Waals surface area contributed by atoms with Crippen molar-refractivity contribution >= 4 is 17.5 Å². The maximum atomic E-state index is 12.6. The average Bonchev–Trinajstić information content (AvgIpc) is 2.46. The lowest BCUT2D eigenvalue weighted by molar-refractivity contribution is -0.0108. The third-order valence-electron chi connectivity index (χ3n) is 3.16. The van der Waals surface area contributed by atoms with Gasteiger partial charge in [-0.1, -0.05) is 6.92 Å². The van der Waals surface area contributed by atoms with Crippen LogP contribution in [0.3, 0.4) is 0 Å². The van der Waals surface area contributed by atoms with Gasteiger partial charge in [-0.2, -0.15) is 10.2 Å². The number of carbonyl (C=O) groups is 1. The first-order valence-electron chi connectivity index (χ1n) is 6.45. The fourth-order valence-corrected chi connectivity index (χ4v) is 2.31. The van der Waals surface area contributed by atoms with Crippen molar-refractivity contribution in [3.63, 3.8) is 0 Å². The Labute approximate surface area is 117 Å². The Morgan fingerprint density at radius 1 is 1.58 bits per heavy atom. The van der Waals surface area contributed by atoms with Gasteiger partial charge in [0.2, 0.25) is 0 Å². The van der Waals surface area contributed by atoms with Crippen molar-refractivity contribution in [3.05, 3.63) is 23.0 Å². The lowest BCUT2D eigenvalue weighted by Gasteiger charge is -2.32. The van der Waals surface area contributed by atoms with Crippen LogP contribution in [0.2, 0.25) is 0 Å². The minimum absolute atomic E-state index is 0.00623. The van der Waals surface area contributed by atoms with E-state index in [4.69, 9.17) is 16.3 Å². The molecule has 2 heterocycles. The van der Waals surface area contributed by atoms with E-state index < -0.39 is 0 Å². The van der Waals surface area contributed by atoms with Gasteiger partial charge in [-0.05, 0) is 19.4 Å². The smallest absolute Gasteiger partial charge is 0.256 e. The maximum Gasteiger partial charge on any atom is 0.256 e. The molecule has 1 aromatic rings. The third-order valence-corrected chi connectivity index (χ3v) is 3.50. The Morgan fingerprint density at radius 3 is 3.05 bits per heavy atom. The van der Waals surface area contributed by atoms with E-state index in [1.807, 2.05) is 13.8 Å². The standard InChI is InChI=1S/C13H18ClN3O2/c1-3-12-11(6-9(2)15-16-12)13(18)17-4-5-19-10(7-14)8-17/h6,10H,3-5,7-8H2,1-2H3. The third kappa shape index (κ3) is 3.22. The highest BCUT2D eigenvalue weighted by molar-refractivity contribution is 6.18. The minimum Gasteiger partial charge on any atom is -0.373 e. The molecule has 1 amide bonds. The largest absolute Gasteiger partial charge is 0.373 e. The first-order valence-corrected chi connectivity index (χ1v) is 6.99. The van der Waals surface area contributed by atoms with Crippen LogP contribution < -0.4 is 0 Å². The summed E-state index contributed by atoms with van der Waals surface area (Å²) in [6.07, 6.45) is 0.609. The summed E-state index contributed by atoms with van der Waals surface area (Å²) in [6, 6.07) is 1.80. The van der Waals surface area contributed by atoms with Gasteiger partial charge in [-0.15, -0.1) is 11.6 Å². The number of ether oxygens (including phenoxy) is 1. The van der Waals surface area contributed by atoms with Crippen LogP contribution in [0.1, 0.15) is 28.7 Å². The molecule has 0 N–H and O–H groups in total. The number of hydrogen-bond donors (Lipinski definition) is 0. The normalized spacial score (nSPS) is 19.5. The van der Waals surface area contributed by atoms with Crippen molar-refractivity contribution in [1.82, 2.24) is 15.1 Å². The molecule has 0 spiro atoms. The number of hydrogen-bond acceptors (Lipinski definition) is 4. The molecule has 1 atom stereocenters. The van der Waals surface area contributed by atoms with Gasteiger partial charge in [0.05, 0.1) is 35.5 Å². The number of carbonyl (C=O) groups excluding carboxylic acids is 1. The molecule has 0 bridgehead atoms. The Morgan fingerprint density at radius 2 is 2.37 bits per heavy atom. The summed E-state index contributed by atoms with van der Waals surface area (Å²) in [6.45, 7) is 5.47. The number of rotatable bonds is 3. The summed E-state index contributed by atoms with van der Waals surface area (Å²) in [7, 11) is 0. The first kappa shape index (κ1) is 14.2. The zero-order valence-electron chi connectivity index (χ0n) is 11.2. The van der Waals surface area contributed by atoms with Gasteiger partial charge in [-0.25, -0.2) is 0 Å². The number of nitrogens with zero attached hydrogens (tertiary/aromatic N) is 3. The number of amides is 1. The van der Waals surface area contributed by atoms with E-state index in [2.05, 4.69) is 10.2 Å². The zero-order valence-corrected chi connectivity index (χ0v) is 12.0. The van der Waals surface area contributed by atoms with E-state index in [9.17, 15) is 4.79 Å². The Bertz CT molecular complexity index is 467. The van der Waals surface area contributed by atoms with E-state index in [0.29, 0.717) is 37.6 Å². The van der Waals surface area contributed by atoms with Crippen LogP contribution >= 0.6 is 11.6 Å². The first-order chi connectivity index (χ1) is 9.15. The molecule has 1 unspecified atom stereocenters. The van der Waals surface area contributed by atoms with Crippen molar-refractivity contribution in [2.45, 2.75) is 26.4 Å². The van der Waals surface area contributed by atoms with Crippen LogP contribution in [0.25, 0.3) is 0 Å². The molecule has 0 radical (unpaired) electrons. The fraction of sp³-hybridized carbons (Fsp3) is 0.615. The molecule has 2 rings (SSSR count). The lowest BCUT2D eigenvalue weighted by Crippen LogP contribution is -2.46. The highest BCUT2D eigenvalue weighted by atomic mass is 35.5. The molecular weight excluding hydrogens is 266 g/mol. The molecule has 0 saturated carbocycles. The maximum absolute atomic E-state index is 12.6. The molecule has 0 aromatic carbocycles. The Hall–Kier alpha value is -1.20. The molecule has 1 aromatic heterocycles. The molecule has 0 aliphatic carbocycles. The van der Waals surface area contributed by atoms with Crippen molar-refractivity contribution in [2.24, 2.45) is 0 Å². The van der Waals surface area contributed by atoms with Gasteiger partial charge in [0.1, 0.15) is 0 Å². The fourth-order valence-electron chi connectivity index (χ4n) is 2.13. The highest BCUT2D eigenvalue weighted by Crippen LogP contribution is 2.14. The van der Waals surface area contributed by atoms with Gasteiger partial charge >= 0.3 is 0 Å². The monoisotopic (exact) mass is 283 g/mol. The predicted molar refractivity (Wildman–Crippen MR) is 72.5 cm³/mol. The zero-order chi connectivity index (χ0) is 13.8. The molecule has 5 nitrogen and oxygen atoms in total. The summed E-state index contributed by atoms with van der Waals surface area (Å²) < 4.78 is 5.47. The molecule has 1 fully saturated rings. The Balaban J connectivity index is 2.21. The molecule has 19 heavy (non-hydrogen) atoms. The van der Waals surface area contributed by atoms with E-state index in [1.54, 1.807) is 11.0 Å². The van der Waals surface area contributed by atoms with Crippen molar-refractivity contribution < 1.29 is 9.53 Å². The highest BCUT2D eigenvalue weighted by Gasteiger charge is 2.26.